The molecule has 1 saturated carbocycles. The van der Waals surface area contributed by atoms with E-state index in [4.69, 9.17) is 0 Å². The molecule has 23 heavy (non-hydrogen) atoms. The summed E-state index contributed by atoms with van der Waals surface area (Å²) in [7, 11) is 3.57. The van der Waals surface area contributed by atoms with E-state index < -0.39 is 0 Å². The normalized spacial score (nSPS) is 21.3. The molecule has 136 valence electrons. The Balaban J connectivity index is 0.00000484. The van der Waals surface area contributed by atoms with Crippen LogP contribution in [0.1, 0.15) is 52.4 Å². The number of nitrogens with zero attached hydrogens (tertiary/aromatic N) is 2. The molecule has 1 aliphatic rings. The topological polar surface area (TPSA) is 56.7 Å². The van der Waals surface area contributed by atoms with E-state index >= 15 is 0 Å². The van der Waals surface area contributed by atoms with Crippen LogP contribution in [0, 0.1) is 11.8 Å². The Bertz CT molecular complexity index is 361. The van der Waals surface area contributed by atoms with Crippen molar-refractivity contribution in [2.24, 2.45) is 16.8 Å². The van der Waals surface area contributed by atoms with Crippen LogP contribution in [0.2, 0.25) is 0 Å². The molecule has 0 aromatic rings. The van der Waals surface area contributed by atoms with Gasteiger partial charge in [-0.3, -0.25) is 9.79 Å². The molecule has 1 aliphatic carbocycles. The van der Waals surface area contributed by atoms with Crippen molar-refractivity contribution in [3.63, 3.8) is 0 Å². The van der Waals surface area contributed by atoms with Crippen LogP contribution in [-0.4, -0.2) is 50.5 Å². The lowest BCUT2D eigenvalue weighted by atomic mass is 9.81. The number of hydrogen-bond acceptors (Lipinski definition) is 2. The summed E-state index contributed by atoms with van der Waals surface area (Å²) in [5, 5.41) is 6.49. The monoisotopic (exact) mass is 438 g/mol. The Labute approximate surface area is 159 Å². The summed E-state index contributed by atoms with van der Waals surface area (Å²) in [6, 6.07) is 0. The summed E-state index contributed by atoms with van der Waals surface area (Å²) in [5.74, 6) is 2.69. The van der Waals surface area contributed by atoms with Crippen LogP contribution in [0.3, 0.4) is 0 Å². The molecule has 1 fully saturated rings. The molecule has 2 N–H and O–H groups in total. The zero-order valence-corrected chi connectivity index (χ0v) is 17.6. The molecule has 0 bridgehead atoms. The minimum absolute atomic E-state index is 0. The molecule has 2 atom stereocenters. The largest absolute Gasteiger partial charge is 0.357 e. The van der Waals surface area contributed by atoms with Gasteiger partial charge in [0.2, 0.25) is 5.91 Å². The summed E-state index contributed by atoms with van der Waals surface area (Å²) in [6.07, 6.45) is 7.16. The predicted octanol–water partition coefficient (Wildman–Crippen LogP) is 2.85. The van der Waals surface area contributed by atoms with Crippen molar-refractivity contribution >= 4 is 35.8 Å². The van der Waals surface area contributed by atoms with Gasteiger partial charge in [0.25, 0.3) is 0 Å². The number of amides is 1. The van der Waals surface area contributed by atoms with Gasteiger partial charge in [0.1, 0.15) is 0 Å². The molecule has 1 rings (SSSR count). The highest BCUT2D eigenvalue weighted by Crippen LogP contribution is 2.30. The fourth-order valence-electron chi connectivity index (χ4n) is 3.03. The lowest BCUT2D eigenvalue weighted by Gasteiger charge is -2.26. The van der Waals surface area contributed by atoms with E-state index in [1.165, 1.54) is 32.1 Å². The van der Waals surface area contributed by atoms with Crippen molar-refractivity contribution in [3.8, 4) is 0 Å². The second-order valence-electron chi connectivity index (χ2n) is 6.65. The van der Waals surface area contributed by atoms with Crippen molar-refractivity contribution < 1.29 is 4.79 Å². The van der Waals surface area contributed by atoms with Crippen LogP contribution in [0.4, 0.5) is 0 Å². The second-order valence-corrected chi connectivity index (χ2v) is 6.65. The summed E-state index contributed by atoms with van der Waals surface area (Å²) >= 11 is 0. The second kappa shape index (κ2) is 12.8. The number of carbonyl (C=O) groups excluding carboxylic acids is 1. The molecule has 0 aliphatic heterocycles. The van der Waals surface area contributed by atoms with Crippen LogP contribution in [-0.2, 0) is 4.79 Å². The maximum absolute atomic E-state index is 11.6. The number of halogens is 1. The smallest absolute Gasteiger partial charge is 0.223 e. The summed E-state index contributed by atoms with van der Waals surface area (Å²) in [6.45, 7) is 6.76. The Morgan fingerprint density at radius 2 is 2.00 bits per heavy atom. The first-order chi connectivity index (χ1) is 10.5. The summed E-state index contributed by atoms with van der Waals surface area (Å²) in [4.78, 5) is 17.8. The quantitative estimate of drug-likeness (QED) is 0.365. The first-order valence-electron chi connectivity index (χ1n) is 8.75. The lowest BCUT2D eigenvalue weighted by molar-refractivity contribution is -0.128. The van der Waals surface area contributed by atoms with E-state index in [-0.39, 0.29) is 29.9 Å². The highest BCUT2D eigenvalue weighted by Gasteiger charge is 2.18. The average molecular weight is 438 g/mol. The number of rotatable bonds is 7. The van der Waals surface area contributed by atoms with Crippen molar-refractivity contribution in [1.29, 1.82) is 0 Å². The van der Waals surface area contributed by atoms with Gasteiger partial charge in [0, 0.05) is 40.2 Å². The number of carbonyl (C=O) groups is 1. The Hall–Kier alpha value is -0.530. The molecule has 6 heteroatoms. The van der Waals surface area contributed by atoms with Gasteiger partial charge in [-0.05, 0) is 31.6 Å². The van der Waals surface area contributed by atoms with Crippen molar-refractivity contribution in [2.45, 2.75) is 52.4 Å². The first kappa shape index (κ1) is 22.5. The summed E-state index contributed by atoms with van der Waals surface area (Å²) in [5.41, 5.74) is 0. The molecule has 5 nitrogen and oxygen atoms in total. The van der Waals surface area contributed by atoms with Crippen molar-refractivity contribution in [2.75, 3.05) is 33.7 Å². The molecular formula is C17H35IN4O. The Kier molecular flexibility index (Phi) is 12.5. The van der Waals surface area contributed by atoms with Gasteiger partial charge in [0.15, 0.2) is 5.96 Å². The van der Waals surface area contributed by atoms with E-state index in [9.17, 15) is 4.79 Å². The molecule has 2 unspecified atom stereocenters. The molecule has 0 saturated heterocycles. The maximum Gasteiger partial charge on any atom is 0.223 e. The molecule has 0 heterocycles. The molecule has 1 amide bonds. The molecule has 0 aromatic carbocycles. The van der Waals surface area contributed by atoms with E-state index in [1.54, 1.807) is 19.0 Å². The number of guanidine groups is 1. The zero-order valence-electron chi connectivity index (χ0n) is 15.2. The highest BCUT2D eigenvalue weighted by molar-refractivity contribution is 14.0. The molecule has 0 aromatic heterocycles. The van der Waals surface area contributed by atoms with Gasteiger partial charge in [-0.15, -0.1) is 24.0 Å². The van der Waals surface area contributed by atoms with Gasteiger partial charge in [-0.1, -0.05) is 26.2 Å². The van der Waals surface area contributed by atoms with Crippen LogP contribution in [0.15, 0.2) is 4.99 Å². The molecule has 0 radical (unpaired) electrons. The fraction of sp³-hybridized carbons (Fsp3) is 0.882. The van der Waals surface area contributed by atoms with Crippen LogP contribution in [0.5, 0.6) is 0 Å². The minimum Gasteiger partial charge on any atom is -0.357 e. The number of aliphatic imine (C=N–C) groups is 1. The van der Waals surface area contributed by atoms with Gasteiger partial charge in [-0.25, -0.2) is 0 Å². The van der Waals surface area contributed by atoms with Crippen LogP contribution in [0.25, 0.3) is 0 Å². The fourth-order valence-corrected chi connectivity index (χ4v) is 3.03. The third kappa shape index (κ3) is 10.0. The predicted molar refractivity (Wildman–Crippen MR) is 108 cm³/mol. The van der Waals surface area contributed by atoms with Crippen LogP contribution < -0.4 is 10.6 Å². The van der Waals surface area contributed by atoms with Gasteiger partial charge in [0.05, 0.1) is 0 Å². The van der Waals surface area contributed by atoms with Gasteiger partial charge < -0.3 is 15.5 Å². The van der Waals surface area contributed by atoms with E-state index in [2.05, 4.69) is 29.5 Å². The van der Waals surface area contributed by atoms with E-state index in [0.29, 0.717) is 13.0 Å². The summed E-state index contributed by atoms with van der Waals surface area (Å²) < 4.78 is 0. The number of nitrogens with one attached hydrogen (secondary N) is 2. The van der Waals surface area contributed by atoms with Gasteiger partial charge >= 0.3 is 0 Å². The van der Waals surface area contributed by atoms with E-state index in [0.717, 1.165) is 30.9 Å². The van der Waals surface area contributed by atoms with Gasteiger partial charge in [-0.2, -0.15) is 0 Å². The Morgan fingerprint density at radius 3 is 2.61 bits per heavy atom. The van der Waals surface area contributed by atoms with Crippen molar-refractivity contribution in [3.05, 3.63) is 0 Å². The third-order valence-electron chi connectivity index (χ3n) is 4.33. The molecule has 0 spiro atoms. The average Bonchev–Trinajstić information content (AvgIpc) is 2.47. The highest BCUT2D eigenvalue weighted by atomic mass is 127. The van der Waals surface area contributed by atoms with Crippen LogP contribution >= 0.6 is 24.0 Å². The zero-order chi connectivity index (χ0) is 16.4. The first-order valence-corrected chi connectivity index (χ1v) is 8.75. The van der Waals surface area contributed by atoms with E-state index in [1.807, 2.05) is 0 Å². The SMILES string of the molecule is CCNC(=NCCC1CCCC(C)C1)NCCC(=O)N(C)C.I. The Morgan fingerprint density at radius 1 is 1.26 bits per heavy atom. The molecular weight excluding hydrogens is 403 g/mol. The number of hydrogen-bond donors (Lipinski definition) is 2. The minimum atomic E-state index is 0. The standard InChI is InChI=1S/C17H34N4O.HI/c1-5-18-17(20-12-10-16(22)21(3)4)19-11-9-15-8-6-7-14(2)13-15;/h14-15H,5-13H2,1-4H3,(H2,18,19,20);1H. The van der Waals surface area contributed by atoms with Crippen molar-refractivity contribution in [1.82, 2.24) is 15.5 Å². The maximum atomic E-state index is 11.6. The third-order valence-corrected chi connectivity index (χ3v) is 4.33. The lowest BCUT2D eigenvalue weighted by Crippen LogP contribution is -2.39.